The van der Waals surface area contributed by atoms with Gasteiger partial charge in [-0.2, -0.15) is 8.42 Å². The second kappa shape index (κ2) is 8.97. The first kappa shape index (κ1) is 17.9. The average molecular weight is 307 g/mol. The lowest BCUT2D eigenvalue weighted by Gasteiger charge is -2.29. The molecule has 0 amide bonds. The molecule has 0 aromatic carbocycles. The summed E-state index contributed by atoms with van der Waals surface area (Å²) in [6.45, 7) is 0. The molecule has 0 unspecified atom stereocenters. The van der Waals surface area contributed by atoms with Crippen molar-refractivity contribution in [2.45, 2.75) is 76.7 Å². The number of rotatable bonds is 2. The maximum Gasteiger partial charge on any atom is 0.394 e. The van der Waals surface area contributed by atoms with Crippen LogP contribution in [0.3, 0.4) is 0 Å². The molecule has 0 spiro atoms. The summed E-state index contributed by atoms with van der Waals surface area (Å²) in [7, 11) is -4.67. The SMILES string of the molecule is NC1CCC(CC2CCCCCC2)CC1.O=S(=O)(O)O. The highest BCUT2D eigenvalue weighted by atomic mass is 32.3. The average Bonchev–Trinajstić information content (AvgIpc) is 2.59. The van der Waals surface area contributed by atoms with Gasteiger partial charge in [0.2, 0.25) is 0 Å². The monoisotopic (exact) mass is 307 g/mol. The molecule has 2 rings (SSSR count). The van der Waals surface area contributed by atoms with Crippen LogP contribution in [0.25, 0.3) is 0 Å². The Kier molecular flexibility index (Phi) is 8.02. The zero-order chi connectivity index (χ0) is 15.0. The van der Waals surface area contributed by atoms with Crippen molar-refractivity contribution in [1.29, 1.82) is 0 Å². The van der Waals surface area contributed by atoms with Crippen molar-refractivity contribution >= 4 is 10.4 Å². The van der Waals surface area contributed by atoms with E-state index in [-0.39, 0.29) is 0 Å². The molecule has 2 fully saturated rings. The summed E-state index contributed by atoms with van der Waals surface area (Å²) in [4.78, 5) is 0. The molecule has 0 aliphatic heterocycles. The summed E-state index contributed by atoms with van der Waals surface area (Å²) in [6, 6.07) is 0.524. The van der Waals surface area contributed by atoms with Crippen molar-refractivity contribution in [3.8, 4) is 0 Å². The van der Waals surface area contributed by atoms with E-state index in [4.69, 9.17) is 23.3 Å². The zero-order valence-electron chi connectivity index (χ0n) is 12.2. The highest BCUT2D eigenvalue weighted by molar-refractivity contribution is 7.79. The molecule has 5 nitrogen and oxygen atoms in total. The first-order valence-electron chi connectivity index (χ1n) is 7.80. The lowest BCUT2D eigenvalue weighted by atomic mass is 9.79. The molecule has 0 bridgehead atoms. The molecular weight excluding hydrogens is 278 g/mol. The first-order valence-corrected chi connectivity index (χ1v) is 9.19. The number of hydrogen-bond acceptors (Lipinski definition) is 3. The van der Waals surface area contributed by atoms with Gasteiger partial charge < -0.3 is 5.73 Å². The number of hydrogen-bond donors (Lipinski definition) is 3. The fourth-order valence-electron chi connectivity index (χ4n) is 3.49. The fourth-order valence-corrected chi connectivity index (χ4v) is 3.49. The maximum absolute atomic E-state index is 8.74. The van der Waals surface area contributed by atoms with Gasteiger partial charge in [-0.3, -0.25) is 9.11 Å². The molecule has 0 saturated heterocycles. The predicted octanol–water partition coefficient (Wildman–Crippen LogP) is 3.21. The van der Waals surface area contributed by atoms with Crippen LogP contribution in [-0.2, 0) is 10.4 Å². The third-order valence-corrected chi connectivity index (χ3v) is 4.53. The third kappa shape index (κ3) is 9.69. The van der Waals surface area contributed by atoms with Gasteiger partial charge in [0.05, 0.1) is 0 Å². The molecule has 120 valence electrons. The van der Waals surface area contributed by atoms with E-state index >= 15 is 0 Å². The van der Waals surface area contributed by atoms with Crippen LogP contribution < -0.4 is 5.73 Å². The molecule has 0 heterocycles. The van der Waals surface area contributed by atoms with E-state index < -0.39 is 10.4 Å². The summed E-state index contributed by atoms with van der Waals surface area (Å²) < 4.78 is 31.6. The van der Waals surface area contributed by atoms with Crippen LogP contribution in [0, 0.1) is 11.8 Å². The van der Waals surface area contributed by atoms with E-state index in [1.165, 1.54) is 70.6 Å². The second-order valence-corrected chi connectivity index (χ2v) is 7.22. The molecule has 4 N–H and O–H groups in total. The Morgan fingerprint density at radius 3 is 1.65 bits per heavy atom. The predicted molar refractivity (Wildman–Crippen MR) is 79.9 cm³/mol. The van der Waals surface area contributed by atoms with Crippen LogP contribution in [0.15, 0.2) is 0 Å². The Balaban J connectivity index is 0.000000347. The standard InChI is InChI=1S/C14H27N.H2O4S/c15-14-9-7-13(8-10-14)11-12-5-3-1-2-4-6-12;1-5(2,3)4/h12-14H,1-11,15H2;(H2,1,2,3,4). The Labute approximate surface area is 122 Å². The van der Waals surface area contributed by atoms with E-state index in [1.54, 1.807) is 0 Å². The minimum Gasteiger partial charge on any atom is -0.328 e. The minimum absolute atomic E-state index is 0.524. The number of nitrogens with two attached hydrogens (primary N) is 1. The van der Waals surface area contributed by atoms with Crippen LogP contribution in [0.2, 0.25) is 0 Å². The van der Waals surface area contributed by atoms with Crippen molar-refractivity contribution in [2.24, 2.45) is 17.6 Å². The maximum atomic E-state index is 8.74. The normalized spacial score (nSPS) is 29.1. The summed E-state index contributed by atoms with van der Waals surface area (Å²) in [6.07, 6.45) is 15.9. The zero-order valence-corrected chi connectivity index (χ0v) is 13.0. The van der Waals surface area contributed by atoms with Crippen molar-refractivity contribution in [2.75, 3.05) is 0 Å². The van der Waals surface area contributed by atoms with Crippen LogP contribution in [0.4, 0.5) is 0 Å². The van der Waals surface area contributed by atoms with Crippen molar-refractivity contribution in [3.63, 3.8) is 0 Å². The highest BCUT2D eigenvalue weighted by Crippen LogP contribution is 2.34. The molecule has 0 radical (unpaired) electrons. The largest absolute Gasteiger partial charge is 0.394 e. The van der Waals surface area contributed by atoms with E-state index in [0.29, 0.717) is 6.04 Å². The van der Waals surface area contributed by atoms with Gasteiger partial charge >= 0.3 is 10.4 Å². The molecule has 2 aliphatic carbocycles. The van der Waals surface area contributed by atoms with Crippen molar-refractivity contribution < 1.29 is 17.5 Å². The molecule has 2 saturated carbocycles. The van der Waals surface area contributed by atoms with Gasteiger partial charge in [0.1, 0.15) is 0 Å². The van der Waals surface area contributed by atoms with Gasteiger partial charge in [-0.05, 0) is 43.9 Å². The van der Waals surface area contributed by atoms with E-state index in [9.17, 15) is 0 Å². The van der Waals surface area contributed by atoms with E-state index in [1.807, 2.05) is 0 Å². The van der Waals surface area contributed by atoms with E-state index in [2.05, 4.69) is 0 Å². The highest BCUT2D eigenvalue weighted by Gasteiger charge is 2.22. The summed E-state index contributed by atoms with van der Waals surface area (Å²) in [5.74, 6) is 2.08. The Hall–Kier alpha value is -0.170. The molecule has 0 aromatic rings. The summed E-state index contributed by atoms with van der Waals surface area (Å²) >= 11 is 0. The van der Waals surface area contributed by atoms with Crippen LogP contribution >= 0.6 is 0 Å². The molecule has 0 atom stereocenters. The Bertz CT molecular complexity index is 334. The van der Waals surface area contributed by atoms with Gasteiger partial charge in [-0.1, -0.05) is 38.5 Å². The van der Waals surface area contributed by atoms with Crippen LogP contribution in [-0.4, -0.2) is 23.6 Å². The van der Waals surface area contributed by atoms with Crippen molar-refractivity contribution in [1.82, 2.24) is 0 Å². The van der Waals surface area contributed by atoms with Crippen LogP contribution in [0.1, 0.15) is 70.6 Å². The van der Waals surface area contributed by atoms with Crippen molar-refractivity contribution in [3.05, 3.63) is 0 Å². The minimum atomic E-state index is -4.67. The topological polar surface area (TPSA) is 101 Å². The third-order valence-electron chi connectivity index (χ3n) is 4.53. The first-order chi connectivity index (χ1) is 9.34. The van der Waals surface area contributed by atoms with Gasteiger partial charge in [0.15, 0.2) is 0 Å². The smallest absolute Gasteiger partial charge is 0.328 e. The van der Waals surface area contributed by atoms with E-state index in [0.717, 1.165) is 11.8 Å². The van der Waals surface area contributed by atoms with Crippen LogP contribution in [0.5, 0.6) is 0 Å². The summed E-state index contributed by atoms with van der Waals surface area (Å²) in [5, 5.41) is 0. The van der Waals surface area contributed by atoms with Gasteiger partial charge in [0, 0.05) is 6.04 Å². The lowest BCUT2D eigenvalue weighted by molar-refractivity contribution is 0.257. The van der Waals surface area contributed by atoms with Gasteiger partial charge in [-0.15, -0.1) is 0 Å². The Morgan fingerprint density at radius 2 is 1.20 bits per heavy atom. The molecule has 6 heteroatoms. The molecule has 2 aliphatic rings. The van der Waals surface area contributed by atoms with Gasteiger partial charge in [-0.25, -0.2) is 0 Å². The quantitative estimate of drug-likeness (QED) is 0.537. The summed E-state index contributed by atoms with van der Waals surface area (Å²) in [5.41, 5.74) is 5.96. The second-order valence-electron chi connectivity index (χ2n) is 6.32. The lowest BCUT2D eigenvalue weighted by Crippen LogP contribution is -2.27. The molecular formula is C14H29NO4S. The Morgan fingerprint density at radius 1 is 0.800 bits per heavy atom. The molecule has 0 aromatic heterocycles. The fraction of sp³-hybridized carbons (Fsp3) is 1.00. The van der Waals surface area contributed by atoms with Gasteiger partial charge in [0.25, 0.3) is 0 Å². The molecule has 20 heavy (non-hydrogen) atoms.